The van der Waals surface area contributed by atoms with Crippen molar-refractivity contribution >= 4 is 17.7 Å². The van der Waals surface area contributed by atoms with Gasteiger partial charge in [0.1, 0.15) is 0 Å². The molecule has 0 heterocycles. The summed E-state index contributed by atoms with van der Waals surface area (Å²) in [6, 6.07) is 11.3. The fourth-order valence-corrected chi connectivity index (χ4v) is 2.29. The summed E-state index contributed by atoms with van der Waals surface area (Å²) in [5.74, 6) is -0.163. The molecule has 0 saturated carbocycles. The molecule has 0 bridgehead atoms. The zero-order chi connectivity index (χ0) is 19.8. The van der Waals surface area contributed by atoms with Crippen molar-refractivity contribution in [2.75, 3.05) is 20.8 Å². The Labute approximate surface area is 157 Å². The highest BCUT2D eigenvalue weighted by Crippen LogP contribution is 2.27. The minimum Gasteiger partial charge on any atom is -0.493 e. The van der Waals surface area contributed by atoms with Crippen molar-refractivity contribution in [3.8, 4) is 11.5 Å². The second-order valence-corrected chi connectivity index (χ2v) is 5.68. The molecule has 0 radical (unpaired) electrons. The van der Waals surface area contributed by atoms with Crippen LogP contribution in [0.1, 0.15) is 33.2 Å². The average Bonchev–Trinajstić information content (AvgIpc) is 2.69. The van der Waals surface area contributed by atoms with Crippen molar-refractivity contribution in [3.63, 3.8) is 0 Å². The molecular weight excluding hydrogens is 350 g/mol. The number of hydrogen-bond donors (Lipinski definition) is 1. The third-order valence-corrected chi connectivity index (χ3v) is 3.77. The molecule has 2 aromatic carbocycles. The summed E-state index contributed by atoms with van der Waals surface area (Å²) in [5.41, 5.74) is 1.52. The lowest BCUT2D eigenvalue weighted by Crippen LogP contribution is -2.19. The second kappa shape index (κ2) is 9.38. The minimum atomic E-state index is -0.602. The van der Waals surface area contributed by atoms with E-state index in [0.717, 1.165) is 5.56 Å². The molecular formula is C20H21NO6. The van der Waals surface area contributed by atoms with Crippen LogP contribution in [0.25, 0.3) is 0 Å². The van der Waals surface area contributed by atoms with Crippen LogP contribution in [-0.4, -0.2) is 38.5 Å². The molecule has 1 N–H and O–H groups in total. The smallest absolute Gasteiger partial charge is 0.338 e. The highest BCUT2D eigenvalue weighted by molar-refractivity contribution is 5.99. The zero-order valence-electron chi connectivity index (χ0n) is 15.4. The number of esters is 1. The van der Waals surface area contributed by atoms with Gasteiger partial charge in [0.2, 0.25) is 5.91 Å². The van der Waals surface area contributed by atoms with Crippen molar-refractivity contribution in [2.45, 2.75) is 13.5 Å². The summed E-state index contributed by atoms with van der Waals surface area (Å²) < 4.78 is 15.4. The Morgan fingerprint density at radius 1 is 0.889 bits per heavy atom. The monoisotopic (exact) mass is 371 g/mol. The standard InChI is InChI=1S/C20H21NO6/c1-13(22)21-11-14-4-6-15(7-5-14)20(24)27-12-17(23)16-8-9-18(25-2)19(10-16)26-3/h4-10H,11-12H2,1-3H3,(H,21,22). The Kier molecular flexibility index (Phi) is 6.93. The van der Waals surface area contributed by atoms with Crippen LogP contribution in [-0.2, 0) is 16.1 Å². The maximum absolute atomic E-state index is 12.2. The van der Waals surface area contributed by atoms with Gasteiger partial charge in [0.25, 0.3) is 0 Å². The lowest BCUT2D eigenvalue weighted by atomic mass is 10.1. The fourth-order valence-electron chi connectivity index (χ4n) is 2.29. The average molecular weight is 371 g/mol. The maximum Gasteiger partial charge on any atom is 0.338 e. The van der Waals surface area contributed by atoms with Crippen LogP contribution in [0.3, 0.4) is 0 Å². The first-order valence-corrected chi connectivity index (χ1v) is 8.20. The topological polar surface area (TPSA) is 90.9 Å². The summed E-state index contributed by atoms with van der Waals surface area (Å²) in [6.45, 7) is 1.42. The van der Waals surface area contributed by atoms with E-state index in [0.29, 0.717) is 29.2 Å². The highest BCUT2D eigenvalue weighted by Gasteiger charge is 2.14. The van der Waals surface area contributed by atoms with Crippen molar-refractivity contribution in [2.24, 2.45) is 0 Å². The lowest BCUT2D eigenvalue weighted by molar-refractivity contribution is -0.119. The first-order valence-electron chi connectivity index (χ1n) is 8.20. The number of ether oxygens (including phenoxy) is 3. The minimum absolute atomic E-state index is 0.132. The summed E-state index contributed by atoms with van der Waals surface area (Å²) in [6.07, 6.45) is 0. The number of ketones is 1. The van der Waals surface area contributed by atoms with Gasteiger partial charge in [0, 0.05) is 19.0 Å². The first kappa shape index (κ1) is 20.0. The van der Waals surface area contributed by atoms with Gasteiger partial charge in [-0.3, -0.25) is 9.59 Å². The van der Waals surface area contributed by atoms with E-state index in [1.165, 1.54) is 27.2 Å². The van der Waals surface area contributed by atoms with E-state index in [9.17, 15) is 14.4 Å². The van der Waals surface area contributed by atoms with Crippen LogP contribution in [0.4, 0.5) is 0 Å². The van der Waals surface area contributed by atoms with Crippen LogP contribution < -0.4 is 14.8 Å². The van der Waals surface area contributed by atoms with Crippen LogP contribution >= 0.6 is 0 Å². The molecule has 0 saturated heterocycles. The summed E-state index contributed by atoms with van der Waals surface area (Å²) in [4.78, 5) is 35.2. The number of benzene rings is 2. The molecule has 0 fully saturated rings. The maximum atomic E-state index is 12.2. The summed E-state index contributed by atoms with van der Waals surface area (Å²) in [7, 11) is 2.98. The largest absolute Gasteiger partial charge is 0.493 e. The van der Waals surface area contributed by atoms with Crippen molar-refractivity contribution in [1.82, 2.24) is 5.32 Å². The molecule has 2 rings (SSSR count). The molecule has 7 nitrogen and oxygen atoms in total. The SMILES string of the molecule is COc1ccc(C(=O)COC(=O)c2ccc(CNC(C)=O)cc2)cc1OC. The molecule has 7 heteroatoms. The first-order chi connectivity index (χ1) is 12.9. The number of nitrogens with one attached hydrogen (secondary N) is 1. The lowest BCUT2D eigenvalue weighted by Gasteiger charge is -2.09. The Bertz CT molecular complexity index is 829. The van der Waals surface area contributed by atoms with Gasteiger partial charge in [-0.2, -0.15) is 0 Å². The number of Topliss-reactive ketones (excluding diaryl/α,β-unsaturated/α-hetero) is 1. The number of carbonyl (C=O) groups excluding carboxylic acids is 3. The molecule has 2 aromatic rings. The number of amides is 1. The van der Waals surface area contributed by atoms with Crippen LogP contribution in [0.2, 0.25) is 0 Å². The molecule has 0 aromatic heterocycles. The molecule has 27 heavy (non-hydrogen) atoms. The van der Waals surface area contributed by atoms with Crippen molar-refractivity contribution in [1.29, 1.82) is 0 Å². The van der Waals surface area contributed by atoms with Gasteiger partial charge in [-0.25, -0.2) is 4.79 Å². The Balaban J connectivity index is 1.94. The number of hydrogen-bond acceptors (Lipinski definition) is 6. The van der Waals surface area contributed by atoms with Gasteiger partial charge in [-0.15, -0.1) is 0 Å². The van der Waals surface area contributed by atoms with E-state index < -0.39 is 5.97 Å². The Morgan fingerprint density at radius 2 is 1.52 bits per heavy atom. The van der Waals surface area contributed by atoms with E-state index in [4.69, 9.17) is 14.2 Å². The van der Waals surface area contributed by atoms with Crippen molar-refractivity contribution in [3.05, 3.63) is 59.2 Å². The number of methoxy groups -OCH3 is 2. The number of rotatable bonds is 8. The third kappa shape index (κ3) is 5.57. The summed E-state index contributed by atoms with van der Waals surface area (Å²) in [5, 5.41) is 2.67. The highest BCUT2D eigenvalue weighted by atomic mass is 16.5. The second-order valence-electron chi connectivity index (χ2n) is 5.68. The van der Waals surface area contributed by atoms with Crippen LogP contribution in [0.5, 0.6) is 11.5 Å². The van der Waals surface area contributed by atoms with Gasteiger partial charge in [0.15, 0.2) is 23.9 Å². The van der Waals surface area contributed by atoms with E-state index in [-0.39, 0.29) is 18.3 Å². The molecule has 142 valence electrons. The van der Waals surface area contributed by atoms with E-state index in [1.54, 1.807) is 36.4 Å². The molecule has 0 atom stereocenters. The van der Waals surface area contributed by atoms with Gasteiger partial charge < -0.3 is 19.5 Å². The Morgan fingerprint density at radius 3 is 2.11 bits per heavy atom. The van der Waals surface area contributed by atoms with Gasteiger partial charge >= 0.3 is 5.97 Å². The van der Waals surface area contributed by atoms with E-state index in [2.05, 4.69) is 5.32 Å². The normalized spacial score (nSPS) is 10.0. The fraction of sp³-hybridized carbons (Fsp3) is 0.250. The summed E-state index contributed by atoms with van der Waals surface area (Å²) >= 11 is 0. The zero-order valence-corrected chi connectivity index (χ0v) is 15.4. The van der Waals surface area contributed by atoms with Gasteiger partial charge in [0.05, 0.1) is 19.8 Å². The molecule has 0 aliphatic carbocycles. The van der Waals surface area contributed by atoms with Crippen LogP contribution in [0.15, 0.2) is 42.5 Å². The van der Waals surface area contributed by atoms with Gasteiger partial charge in [-0.05, 0) is 35.9 Å². The van der Waals surface area contributed by atoms with E-state index in [1.807, 2.05) is 0 Å². The van der Waals surface area contributed by atoms with E-state index >= 15 is 0 Å². The number of carbonyl (C=O) groups is 3. The Hall–Kier alpha value is -3.35. The molecule has 0 unspecified atom stereocenters. The predicted octanol–water partition coefficient (Wildman–Crippen LogP) is 2.38. The van der Waals surface area contributed by atoms with Crippen molar-refractivity contribution < 1.29 is 28.6 Å². The molecule has 0 aliphatic heterocycles. The molecule has 1 amide bonds. The third-order valence-electron chi connectivity index (χ3n) is 3.77. The van der Waals surface area contributed by atoms with Gasteiger partial charge in [-0.1, -0.05) is 12.1 Å². The predicted molar refractivity (Wildman–Crippen MR) is 98.1 cm³/mol. The van der Waals surface area contributed by atoms with Crippen LogP contribution in [0, 0.1) is 0 Å². The molecule has 0 spiro atoms. The molecule has 0 aliphatic rings. The quantitative estimate of drug-likeness (QED) is 0.566.